The molecule has 15 nitrogen and oxygen atoms in total. The normalized spacial score (nSPS) is 11.5. The van der Waals surface area contributed by atoms with E-state index in [9.17, 15) is 0 Å². The summed E-state index contributed by atoms with van der Waals surface area (Å²) >= 11 is 5.24. The van der Waals surface area contributed by atoms with Crippen LogP contribution in [0.5, 0.6) is 0 Å². The van der Waals surface area contributed by atoms with Gasteiger partial charge in [-0.05, 0) is 119 Å². The molecule has 0 atom stereocenters. The first kappa shape index (κ1) is 78.3. The predicted molar refractivity (Wildman–Crippen MR) is 537 cm³/mol. The van der Waals surface area contributed by atoms with Crippen LogP contribution in [-0.2, 0) is 0 Å². The third kappa shape index (κ3) is 14.9. The van der Waals surface area contributed by atoms with Gasteiger partial charge in [0, 0.05) is 127 Å². The Labute approximate surface area is 766 Å². The van der Waals surface area contributed by atoms with Crippen molar-refractivity contribution in [1.82, 2.24) is 59.8 Å². The molecule has 0 N–H and O–H groups in total. The molecule has 9 heterocycles. The largest absolute Gasteiger partial charge is 0.436 e. The lowest BCUT2D eigenvalue weighted by Crippen LogP contribution is -2.00. The fourth-order valence-corrected chi connectivity index (χ4v) is 20.7. The fourth-order valence-electron chi connectivity index (χ4n) is 17.2. The van der Waals surface area contributed by atoms with Gasteiger partial charge in [-0.25, -0.2) is 59.8 Å². The second-order valence-electron chi connectivity index (χ2n) is 31.6. The highest BCUT2D eigenvalue weighted by Gasteiger charge is 2.27. The van der Waals surface area contributed by atoms with Crippen LogP contribution < -0.4 is 0 Å². The molecule has 0 radical (unpaired) electrons. The maximum Gasteiger partial charge on any atom is 0.227 e. The molecule has 0 bridgehead atoms. The topological polar surface area (TPSA) is 194 Å². The molecule has 0 spiro atoms. The number of oxazole rings is 3. The van der Waals surface area contributed by atoms with Crippen molar-refractivity contribution >= 4 is 128 Å². The van der Waals surface area contributed by atoms with Gasteiger partial charge in [-0.2, -0.15) is 0 Å². The summed E-state index contributed by atoms with van der Waals surface area (Å²) in [6, 6.07) is 139. The van der Waals surface area contributed by atoms with Gasteiger partial charge in [0.15, 0.2) is 69.2 Å². The van der Waals surface area contributed by atoms with E-state index in [4.69, 9.17) is 73.1 Å². The van der Waals surface area contributed by atoms with Crippen LogP contribution in [0.4, 0.5) is 0 Å². The van der Waals surface area contributed by atoms with Crippen LogP contribution in [0.25, 0.3) is 253 Å². The second-order valence-corrected chi connectivity index (χ2v) is 34.9. The summed E-state index contributed by atoms with van der Waals surface area (Å²) in [5, 5.41) is 6.50. The predicted octanol–water partition coefficient (Wildman–Crippen LogP) is 30.5. The Kier molecular flexibility index (Phi) is 20.1. The molecule has 0 aliphatic carbocycles. The van der Waals surface area contributed by atoms with Crippen LogP contribution in [0.1, 0.15) is 0 Å². The smallest absolute Gasteiger partial charge is 0.227 e. The van der Waals surface area contributed by atoms with Gasteiger partial charge in [0.05, 0.1) is 0 Å². The Morgan fingerprint density at radius 2 is 0.348 bits per heavy atom. The first-order valence-corrected chi connectivity index (χ1v) is 45.6. The van der Waals surface area contributed by atoms with E-state index in [1.165, 1.54) is 5.56 Å². The van der Waals surface area contributed by atoms with Crippen molar-refractivity contribution in [3.63, 3.8) is 0 Å². The molecular weight excluding hydrogens is 1680 g/mol. The molecule has 0 aliphatic heterocycles. The molecule has 0 saturated carbocycles. The van der Waals surface area contributed by atoms with Crippen LogP contribution in [0, 0.1) is 0 Å². The zero-order valence-electron chi connectivity index (χ0n) is 70.1. The van der Waals surface area contributed by atoms with E-state index in [2.05, 4.69) is 206 Å². The summed E-state index contributed by atoms with van der Waals surface area (Å²) in [6.07, 6.45) is 0. The monoisotopic (exact) mass is 1750 g/mol. The minimum absolute atomic E-state index is 0.598. The number of rotatable bonds is 14. The number of aromatic nitrogens is 12. The average molecular weight is 1750 g/mol. The summed E-state index contributed by atoms with van der Waals surface area (Å²) in [5.74, 6) is 7.45. The number of para-hydroxylation sites is 6. The number of nitrogens with zero attached hydrogens (tertiary/aromatic N) is 12. The average Bonchev–Trinajstić information content (AvgIpc) is 1.61. The Morgan fingerprint density at radius 1 is 0.144 bits per heavy atom. The van der Waals surface area contributed by atoms with Crippen molar-refractivity contribution in [1.29, 1.82) is 0 Å². The molecule has 9 aromatic heterocycles. The first-order chi connectivity index (χ1) is 65.4. The molecule has 0 aliphatic rings. The zero-order chi connectivity index (χ0) is 87.4. The second kappa shape index (κ2) is 33.9. The van der Waals surface area contributed by atoms with Gasteiger partial charge in [-0.1, -0.05) is 315 Å². The van der Waals surface area contributed by atoms with E-state index in [0.717, 1.165) is 177 Å². The van der Waals surface area contributed by atoms with Crippen molar-refractivity contribution in [2.24, 2.45) is 0 Å². The Bertz CT molecular complexity index is 8700. The number of fused-ring (bicyclic) bond motifs is 12. The Balaban J connectivity index is 0.000000110. The molecule has 26 rings (SSSR count). The van der Waals surface area contributed by atoms with Crippen LogP contribution in [0.15, 0.2) is 426 Å². The van der Waals surface area contributed by atoms with Crippen molar-refractivity contribution in [2.75, 3.05) is 0 Å². The van der Waals surface area contributed by atoms with Crippen LogP contribution in [0.2, 0.25) is 0 Å². The fraction of sp³-hybridized carbons (Fsp3) is 0. The summed E-state index contributed by atoms with van der Waals surface area (Å²) in [5.41, 5.74) is 20.6. The van der Waals surface area contributed by atoms with Gasteiger partial charge in [0.1, 0.15) is 16.6 Å². The summed E-state index contributed by atoms with van der Waals surface area (Å²) < 4.78 is 25.7. The van der Waals surface area contributed by atoms with Crippen LogP contribution in [-0.4, -0.2) is 59.8 Å². The van der Waals surface area contributed by atoms with E-state index in [1.54, 1.807) is 34.0 Å². The lowest BCUT2D eigenvalue weighted by molar-refractivity contribution is 0.620. The molecule has 17 aromatic carbocycles. The quantitative estimate of drug-likeness (QED) is 0.0997. The van der Waals surface area contributed by atoms with E-state index in [1.807, 2.05) is 206 Å². The summed E-state index contributed by atoms with van der Waals surface area (Å²) in [6.45, 7) is 0. The molecule has 0 saturated heterocycles. The third-order valence-electron chi connectivity index (χ3n) is 23.4. The van der Waals surface area contributed by atoms with Gasteiger partial charge >= 0.3 is 0 Å². The Hall–Kier alpha value is -17.2. The molecule has 18 heteroatoms. The highest BCUT2D eigenvalue weighted by molar-refractivity contribution is 7.27. The molecule has 0 amide bonds. The van der Waals surface area contributed by atoms with Crippen molar-refractivity contribution < 1.29 is 13.3 Å². The number of hydrogen-bond donors (Lipinski definition) is 0. The maximum atomic E-state index is 6.28. The van der Waals surface area contributed by atoms with Crippen LogP contribution >= 0.6 is 34.0 Å². The maximum absolute atomic E-state index is 6.28. The van der Waals surface area contributed by atoms with Gasteiger partial charge < -0.3 is 13.3 Å². The molecule has 0 fully saturated rings. The number of hydrogen-bond acceptors (Lipinski definition) is 18. The van der Waals surface area contributed by atoms with E-state index >= 15 is 0 Å². The van der Waals surface area contributed by atoms with Crippen molar-refractivity contribution in [3.05, 3.63) is 413 Å². The highest BCUT2D eigenvalue weighted by Crippen LogP contribution is 2.49. The zero-order valence-corrected chi connectivity index (χ0v) is 72.5. The van der Waals surface area contributed by atoms with Crippen molar-refractivity contribution in [3.8, 4) is 159 Å². The molecule has 26 aromatic rings. The van der Waals surface area contributed by atoms with Crippen molar-refractivity contribution in [2.45, 2.75) is 0 Å². The van der Waals surface area contributed by atoms with E-state index in [-0.39, 0.29) is 0 Å². The molecule has 620 valence electrons. The first-order valence-electron chi connectivity index (χ1n) is 43.1. The van der Waals surface area contributed by atoms with E-state index in [0.29, 0.717) is 70.1 Å². The molecular formula is C114H68N12O3S3. The van der Waals surface area contributed by atoms with Crippen LogP contribution in [0.3, 0.4) is 0 Å². The third-order valence-corrected chi connectivity index (χ3v) is 26.7. The lowest BCUT2D eigenvalue weighted by Gasteiger charge is -2.11. The number of thiophene rings is 3. The van der Waals surface area contributed by atoms with Gasteiger partial charge in [-0.15, -0.1) is 34.0 Å². The minimum atomic E-state index is 0.598. The van der Waals surface area contributed by atoms with Gasteiger partial charge in [0.2, 0.25) is 17.7 Å². The SMILES string of the molecule is c1ccc(-c2ccc(-c3nc(-c4ccccc4)nc(-c4cccc5sc6cccc(-c7nc8ccccc8o7)c6c45)n3)cc2)cc1.c1ccc(-c2cccc(-c3nc(-c4ccccc4)nc(-c4cccc5sc6cccc(-c7nc8ccccc8o7)c6c45)n3)c2)cc1.c1ccc(-c2nc(-c3ccccc3)nc(-c3cccc4sc5cccc(-c6nc7ccccc7o6)c5c34)n2)cc1. The van der Waals surface area contributed by atoms with Gasteiger partial charge in [-0.3, -0.25) is 0 Å². The highest BCUT2D eigenvalue weighted by atomic mass is 32.1. The summed E-state index contributed by atoms with van der Waals surface area (Å²) in [4.78, 5) is 59.9. The minimum Gasteiger partial charge on any atom is -0.436 e. The van der Waals surface area contributed by atoms with Gasteiger partial charge in [0.25, 0.3) is 0 Å². The molecule has 132 heavy (non-hydrogen) atoms. The summed E-state index contributed by atoms with van der Waals surface area (Å²) in [7, 11) is 0. The Morgan fingerprint density at radius 3 is 0.652 bits per heavy atom. The number of benzene rings is 17. The molecule has 0 unspecified atom stereocenters. The van der Waals surface area contributed by atoms with E-state index < -0.39 is 0 Å². The lowest BCUT2D eigenvalue weighted by atomic mass is 10.0. The standard InChI is InChI=1S/2C40H24N4OS.C34H20N4OS/c1-3-12-25(13-4-1)27-16-9-17-28(24-27)38-42-37(26-14-5-2-6-15-26)43-39(44-38)29-18-10-22-33-35(29)36-30(19-11-23-34(36)46-33)40-41-31-20-7-8-21-32(31)45-40;1-3-11-25(12-4-1)26-21-23-28(24-22-26)38-42-37(27-13-5-2-6-14-27)43-39(44-38)29-15-9-19-33-35(29)36-30(16-10-20-34(36)46-33)40-41-31-17-7-8-18-32(31)45-40;1-3-11-21(12-4-1)31-36-32(22-13-5-2-6-14-22)38-33(37-31)23-15-9-19-27-29(23)30-24(16-10-20-28(30)40-27)34-35-25-17-7-8-18-26(25)39-34/h2*1-24H;1-20H.